The first-order valence-corrected chi connectivity index (χ1v) is 13.1. The molecule has 3 aromatic heterocycles. The first-order valence-electron chi connectivity index (χ1n) is 11.2. The van der Waals surface area contributed by atoms with Crippen molar-refractivity contribution in [3.05, 3.63) is 92.9 Å². The first kappa shape index (κ1) is 24.1. The number of aryl methyl sites for hydroxylation is 2. The lowest BCUT2D eigenvalue weighted by Gasteiger charge is -2.16. The van der Waals surface area contributed by atoms with E-state index in [1.54, 1.807) is 46.0 Å². The van der Waals surface area contributed by atoms with Crippen LogP contribution in [0.15, 0.2) is 81.2 Å². The molecular formula is C27H22BrN3O4S. The van der Waals surface area contributed by atoms with Gasteiger partial charge in [0.15, 0.2) is 16.6 Å². The van der Waals surface area contributed by atoms with Crippen LogP contribution in [0, 0.1) is 0 Å². The molecule has 1 atom stereocenters. The van der Waals surface area contributed by atoms with E-state index >= 15 is 0 Å². The third kappa shape index (κ3) is 3.79. The largest absolute Gasteiger partial charge is 0.465 e. The van der Waals surface area contributed by atoms with E-state index < -0.39 is 17.0 Å². The van der Waals surface area contributed by atoms with E-state index in [0.29, 0.717) is 43.8 Å². The van der Waals surface area contributed by atoms with Gasteiger partial charge in [-0.25, -0.2) is 18.0 Å². The van der Waals surface area contributed by atoms with Gasteiger partial charge in [0.1, 0.15) is 4.60 Å². The van der Waals surface area contributed by atoms with Crippen molar-refractivity contribution in [3.63, 3.8) is 0 Å². The molecular weight excluding hydrogens is 542 g/mol. The van der Waals surface area contributed by atoms with Crippen LogP contribution < -0.4 is 5.56 Å². The monoisotopic (exact) mass is 563 g/mol. The maximum Gasteiger partial charge on any atom is 0.337 e. The zero-order chi connectivity index (χ0) is 25.6. The Kier molecular flexibility index (Phi) is 6.36. The van der Waals surface area contributed by atoms with E-state index in [2.05, 4.69) is 20.9 Å². The van der Waals surface area contributed by atoms with Crippen molar-refractivity contribution in [1.82, 2.24) is 13.5 Å². The maximum atomic E-state index is 13.5. The summed E-state index contributed by atoms with van der Waals surface area (Å²) in [5.41, 5.74) is 3.63. The number of ether oxygens (including phenoxy) is 1. The maximum absolute atomic E-state index is 13.5. The number of rotatable bonds is 5. The molecule has 0 aliphatic rings. The molecule has 3 heterocycles. The van der Waals surface area contributed by atoms with Gasteiger partial charge in [0.2, 0.25) is 0 Å². The van der Waals surface area contributed by atoms with Crippen LogP contribution in [0.2, 0.25) is 0 Å². The number of carbonyl (C=O) groups is 1. The summed E-state index contributed by atoms with van der Waals surface area (Å²) < 4.78 is 22.1. The zero-order valence-electron chi connectivity index (χ0n) is 19.8. The molecule has 0 fully saturated rings. The SMILES string of the molecule is CCc1c(-c2ccc(C(=O)OC)cc2)c(=O)n(C)c2cnc3c(cc(Br)n3S(=O)c3ccccc3)c12. The Bertz CT molecular complexity index is 1720. The highest BCUT2D eigenvalue weighted by atomic mass is 79.9. The summed E-state index contributed by atoms with van der Waals surface area (Å²) in [7, 11) is 1.53. The highest BCUT2D eigenvalue weighted by molar-refractivity contribution is 9.10. The van der Waals surface area contributed by atoms with E-state index in [9.17, 15) is 13.8 Å². The van der Waals surface area contributed by atoms with E-state index in [4.69, 9.17) is 4.74 Å². The number of benzene rings is 2. The Balaban J connectivity index is 1.81. The minimum atomic E-state index is -1.52. The second-order valence-corrected chi connectivity index (χ2v) is 10.4. The molecule has 0 spiro atoms. The Morgan fingerprint density at radius 3 is 2.44 bits per heavy atom. The summed E-state index contributed by atoms with van der Waals surface area (Å²) in [6.07, 6.45) is 2.25. The quantitative estimate of drug-likeness (QED) is 0.273. The van der Waals surface area contributed by atoms with Crippen LogP contribution in [0.25, 0.3) is 33.1 Å². The number of hydrogen-bond donors (Lipinski definition) is 0. The fraction of sp³-hybridized carbons (Fsp3) is 0.148. The van der Waals surface area contributed by atoms with Gasteiger partial charge in [-0.2, -0.15) is 0 Å². The van der Waals surface area contributed by atoms with Crippen LogP contribution in [0.1, 0.15) is 22.8 Å². The summed E-state index contributed by atoms with van der Waals surface area (Å²) in [6.45, 7) is 2.00. The molecule has 0 radical (unpaired) electrons. The number of hydrogen-bond acceptors (Lipinski definition) is 5. The molecule has 0 aliphatic heterocycles. The minimum absolute atomic E-state index is 0.155. The highest BCUT2D eigenvalue weighted by Gasteiger charge is 2.23. The zero-order valence-corrected chi connectivity index (χ0v) is 22.2. The lowest BCUT2D eigenvalue weighted by atomic mass is 9.94. The second-order valence-electron chi connectivity index (χ2n) is 8.22. The number of carbonyl (C=O) groups excluding carboxylic acids is 1. The normalized spacial score (nSPS) is 12.2. The van der Waals surface area contributed by atoms with Crippen molar-refractivity contribution in [3.8, 4) is 11.1 Å². The Morgan fingerprint density at radius 2 is 1.81 bits per heavy atom. The van der Waals surface area contributed by atoms with Gasteiger partial charge in [-0.15, -0.1) is 0 Å². The average Bonchev–Trinajstić information content (AvgIpc) is 3.25. The molecule has 0 saturated carbocycles. The van der Waals surface area contributed by atoms with Crippen LogP contribution in [0.4, 0.5) is 0 Å². The molecule has 9 heteroatoms. The van der Waals surface area contributed by atoms with Gasteiger partial charge in [0.25, 0.3) is 5.56 Å². The Labute approximate surface area is 218 Å². The van der Waals surface area contributed by atoms with Gasteiger partial charge in [0.05, 0.1) is 34.8 Å². The lowest BCUT2D eigenvalue weighted by Crippen LogP contribution is -2.21. The van der Waals surface area contributed by atoms with Gasteiger partial charge in [-0.05, 0) is 63.8 Å². The van der Waals surface area contributed by atoms with E-state index in [0.717, 1.165) is 16.3 Å². The third-order valence-electron chi connectivity index (χ3n) is 6.27. The molecule has 5 rings (SSSR count). The molecule has 7 nitrogen and oxygen atoms in total. The molecule has 0 N–H and O–H groups in total. The van der Waals surface area contributed by atoms with E-state index in [-0.39, 0.29) is 5.56 Å². The van der Waals surface area contributed by atoms with Crippen molar-refractivity contribution < 1.29 is 13.7 Å². The van der Waals surface area contributed by atoms with Gasteiger partial charge in [0, 0.05) is 17.8 Å². The van der Waals surface area contributed by atoms with Gasteiger partial charge >= 0.3 is 5.97 Å². The van der Waals surface area contributed by atoms with Gasteiger partial charge in [-0.3, -0.25) is 4.79 Å². The number of esters is 1. The highest BCUT2D eigenvalue weighted by Crippen LogP contribution is 2.35. The van der Waals surface area contributed by atoms with Crippen molar-refractivity contribution in [1.29, 1.82) is 0 Å². The molecule has 0 amide bonds. The molecule has 36 heavy (non-hydrogen) atoms. The Hall–Kier alpha value is -3.56. The number of pyridine rings is 2. The number of aromatic nitrogens is 3. The summed E-state index contributed by atoms with van der Waals surface area (Å²) in [5, 5.41) is 1.67. The smallest absolute Gasteiger partial charge is 0.337 e. The van der Waals surface area contributed by atoms with Gasteiger partial charge in [-0.1, -0.05) is 37.3 Å². The van der Waals surface area contributed by atoms with Crippen molar-refractivity contribution >= 4 is 54.8 Å². The fourth-order valence-corrected chi connectivity index (χ4v) is 6.43. The average molecular weight is 564 g/mol. The van der Waals surface area contributed by atoms with Crippen LogP contribution in [0.3, 0.4) is 0 Å². The minimum Gasteiger partial charge on any atom is -0.465 e. The van der Waals surface area contributed by atoms with Crippen LogP contribution >= 0.6 is 15.9 Å². The van der Waals surface area contributed by atoms with Crippen molar-refractivity contribution in [2.75, 3.05) is 7.11 Å². The first-order chi connectivity index (χ1) is 17.4. The van der Waals surface area contributed by atoms with Crippen molar-refractivity contribution in [2.24, 2.45) is 7.05 Å². The topological polar surface area (TPSA) is 83.2 Å². The predicted molar refractivity (Wildman–Crippen MR) is 145 cm³/mol. The molecule has 0 bridgehead atoms. The van der Waals surface area contributed by atoms with Crippen molar-refractivity contribution in [2.45, 2.75) is 18.2 Å². The Morgan fingerprint density at radius 1 is 1.11 bits per heavy atom. The van der Waals surface area contributed by atoms with E-state index in [1.165, 1.54) is 7.11 Å². The third-order valence-corrected chi connectivity index (χ3v) is 8.46. The summed E-state index contributed by atoms with van der Waals surface area (Å²) in [6, 6.07) is 17.9. The van der Waals surface area contributed by atoms with Crippen LogP contribution in [-0.4, -0.2) is 30.8 Å². The van der Waals surface area contributed by atoms with Crippen LogP contribution in [-0.2, 0) is 29.2 Å². The number of methoxy groups -OCH3 is 1. The van der Waals surface area contributed by atoms with Gasteiger partial charge < -0.3 is 9.30 Å². The molecule has 2 aromatic carbocycles. The molecule has 0 saturated heterocycles. The van der Waals surface area contributed by atoms with E-state index in [1.807, 2.05) is 43.3 Å². The molecule has 1 unspecified atom stereocenters. The number of nitrogens with zero attached hydrogens (tertiary/aromatic N) is 3. The molecule has 182 valence electrons. The standard InChI is InChI=1S/C27H22BrN3O4S/c1-4-19-23(16-10-12-17(13-11-16)27(33)35-3)26(32)30(2)21-15-29-25-20(24(19)21)14-22(28)31(25)36(34)18-8-6-5-7-9-18/h5-15H,4H2,1-3H3. The number of fused-ring (bicyclic) bond motifs is 3. The number of halogens is 1. The summed E-state index contributed by atoms with van der Waals surface area (Å²) in [4.78, 5) is 30.7. The fourth-order valence-electron chi connectivity index (χ4n) is 4.53. The lowest BCUT2D eigenvalue weighted by molar-refractivity contribution is 0.0600. The summed E-state index contributed by atoms with van der Waals surface area (Å²) >= 11 is 3.58. The molecule has 5 aromatic rings. The van der Waals surface area contributed by atoms with Crippen LogP contribution in [0.5, 0.6) is 0 Å². The summed E-state index contributed by atoms with van der Waals surface area (Å²) in [5.74, 6) is -0.436. The molecule has 0 aliphatic carbocycles. The predicted octanol–water partition coefficient (Wildman–Crippen LogP) is 5.24. The second kappa shape index (κ2) is 9.48.